The highest BCUT2D eigenvalue weighted by Crippen LogP contribution is 2.38. The van der Waals surface area contributed by atoms with Crippen LogP contribution >= 0.6 is 11.6 Å². The van der Waals surface area contributed by atoms with Crippen molar-refractivity contribution in [1.82, 2.24) is 4.90 Å². The number of carbonyl (C=O) groups excluding carboxylic acids is 1. The maximum atomic E-state index is 12.1. The Balaban J connectivity index is 1.32. The van der Waals surface area contributed by atoms with Gasteiger partial charge in [-0.3, -0.25) is 0 Å². The topological polar surface area (TPSA) is 59.0 Å². The van der Waals surface area contributed by atoms with Crippen molar-refractivity contribution in [1.29, 1.82) is 0 Å². The van der Waals surface area contributed by atoms with Crippen LogP contribution in [0.4, 0.5) is 0 Å². The van der Waals surface area contributed by atoms with E-state index in [2.05, 4.69) is 23.1 Å². The number of esters is 1. The average Bonchev–Trinajstić information content (AvgIpc) is 3.06. The summed E-state index contributed by atoms with van der Waals surface area (Å²) in [6.07, 6.45) is 4.52. The van der Waals surface area contributed by atoms with Crippen molar-refractivity contribution in [3.8, 4) is 5.75 Å². The van der Waals surface area contributed by atoms with Gasteiger partial charge < -0.3 is 19.5 Å². The minimum atomic E-state index is -0.798. The first-order chi connectivity index (χ1) is 17.5. The lowest BCUT2D eigenvalue weighted by atomic mass is 9.84. The van der Waals surface area contributed by atoms with Gasteiger partial charge in [0, 0.05) is 30.2 Å². The molecule has 0 amide bonds. The smallest absolute Gasteiger partial charge is 0.337 e. The predicted molar refractivity (Wildman–Crippen MR) is 141 cm³/mol. The first kappa shape index (κ1) is 24.6. The van der Waals surface area contributed by atoms with Gasteiger partial charge in [-0.25, -0.2) is 4.79 Å². The fraction of sp³-hybridized carbons (Fsp3) is 0.300. The highest BCUT2D eigenvalue weighted by molar-refractivity contribution is 6.30. The Morgan fingerprint density at radius 2 is 1.83 bits per heavy atom. The monoisotopic (exact) mass is 503 g/mol. The number of carbonyl (C=O) groups is 1. The van der Waals surface area contributed by atoms with Crippen LogP contribution in [-0.2, 0) is 16.9 Å². The van der Waals surface area contributed by atoms with E-state index in [1.165, 1.54) is 7.11 Å². The number of ether oxygens (including phenoxy) is 2. The largest absolute Gasteiger partial charge is 0.488 e. The average molecular weight is 504 g/mol. The van der Waals surface area contributed by atoms with Gasteiger partial charge in [-0.2, -0.15) is 0 Å². The number of aliphatic hydroxyl groups is 1. The fourth-order valence-electron chi connectivity index (χ4n) is 5.13. The summed E-state index contributed by atoms with van der Waals surface area (Å²) in [6.45, 7) is 3.02. The molecule has 5 rings (SSSR count). The van der Waals surface area contributed by atoms with Gasteiger partial charge in [0.15, 0.2) is 0 Å². The lowest BCUT2D eigenvalue weighted by molar-refractivity contribution is -0.0254. The molecule has 2 heterocycles. The molecule has 3 aromatic carbocycles. The van der Waals surface area contributed by atoms with E-state index in [1.807, 2.05) is 42.5 Å². The Hall–Kier alpha value is -3.12. The number of nitrogens with zero attached hydrogens (tertiary/aromatic N) is 1. The van der Waals surface area contributed by atoms with Gasteiger partial charge in [-0.1, -0.05) is 54.1 Å². The Morgan fingerprint density at radius 1 is 1.08 bits per heavy atom. The molecule has 0 bridgehead atoms. The van der Waals surface area contributed by atoms with Crippen molar-refractivity contribution in [2.24, 2.45) is 0 Å². The fourth-order valence-corrected chi connectivity index (χ4v) is 5.25. The van der Waals surface area contributed by atoms with Gasteiger partial charge in [-0.05, 0) is 71.9 Å². The van der Waals surface area contributed by atoms with Gasteiger partial charge in [0.25, 0.3) is 0 Å². The number of hydrogen-bond acceptors (Lipinski definition) is 5. The highest BCUT2D eigenvalue weighted by atomic mass is 35.5. The molecule has 1 saturated heterocycles. The molecule has 1 N–H and O–H groups in total. The first-order valence-electron chi connectivity index (χ1n) is 12.3. The summed E-state index contributed by atoms with van der Waals surface area (Å²) in [4.78, 5) is 14.5. The zero-order valence-electron chi connectivity index (χ0n) is 20.4. The molecule has 6 heteroatoms. The lowest BCUT2D eigenvalue weighted by Crippen LogP contribution is -2.42. The summed E-state index contributed by atoms with van der Waals surface area (Å²) in [5.74, 6) is 0.309. The third kappa shape index (κ3) is 5.05. The van der Waals surface area contributed by atoms with Gasteiger partial charge in [0.2, 0.25) is 0 Å². The molecule has 0 atom stereocenters. The number of hydrogen-bond donors (Lipinski definition) is 1. The first-order valence-corrected chi connectivity index (χ1v) is 12.7. The number of methoxy groups -OCH3 is 1. The normalized spacial score (nSPS) is 18.0. The number of halogens is 1. The van der Waals surface area contributed by atoms with Crippen molar-refractivity contribution in [3.63, 3.8) is 0 Å². The third-order valence-electron chi connectivity index (χ3n) is 7.24. The molecule has 0 saturated carbocycles. The van der Waals surface area contributed by atoms with E-state index in [1.54, 1.807) is 12.1 Å². The maximum absolute atomic E-state index is 12.1. The second-order valence-corrected chi connectivity index (χ2v) is 9.87. The second-order valence-electron chi connectivity index (χ2n) is 9.43. The van der Waals surface area contributed by atoms with Crippen LogP contribution in [0.1, 0.15) is 51.9 Å². The van der Waals surface area contributed by atoms with Crippen LogP contribution < -0.4 is 4.74 Å². The Bertz CT molecular complexity index is 1280. The molecule has 2 aliphatic rings. The molecule has 36 heavy (non-hydrogen) atoms. The van der Waals surface area contributed by atoms with Gasteiger partial charge >= 0.3 is 5.97 Å². The number of benzene rings is 3. The second kappa shape index (κ2) is 10.5. The number of piperidine rings is 1. The molecule has 186 valence electrons. The zero-order chi connectivity index (χ0) is 25.1. The highest BCUT2D eigenvalue weighted by Gasteiger charge is 2.33. The van der Waals surface area contributed by atoms with Crippen LogP contribution in [0.25, 0.3) is 5.57 Å². The molecule has 5 nitrogen and oxygen atoms in total. The molecular formula is C30H30ClNO4. The van der Waals surface area contributed by atoms with E-state index < -0.39 is 5.60 Å². The summed E-state index contributed by atoms with van der Waals surface area (Å²) in [6, 6.07) is 21.3. The van der Waals surface area contributed by atoms with E-state index in [0.717, 1.165) is 53.9 Å². The van der Waals surface area contributed by atoms with E-state index in [4.69, 9.17) is 21.1 Å². The van der Waals surface area contributed by atoms with Crippen LogP contribution in [-0.4, -0.2) is 42.7 Å². The number of likely N-dealkylation sites (tertiary alicyclic amines) is 1. The van der Waals surface area contributed by atoms with Crippen molar-refractivity contribution < 1.29 is 19.4 Å². The molecule has 0 aromatic heterocycles. The van der Waals surface area contributed by atoms with Crippen molar-refractivity contribution in [2.75, 3.05) is 26.7 Å². The molecule has 0 aliphatic carbocycles. The molecule has 2 aliphatic heterocycles. The Kier molecular flexibility index (Phi) is 7.15. The summed E-state index contributed by atoms with van der Waals surface area (Å²) in [7, 11) is 1.38. The lowest BCUT2D eigenvalue weighted by Gasteiger charge is -2.38. The van der Waals surface area contributed by atoms with E-state index >= 15 is 0 Å². The predicted octanol–water partition coefficient (Wildman–Crippen LogP) is 5.82. The minimum absolute atomic E-state index is 0.377. The van der Waals surface area contributed by atoms with Crippen LogP contribution in [0.15, 0.2) is 72.8 Å². The van der Waals surface area contributed by atoms with Crippen molar-refractivity contribution in [3.05, 3.63) is 106 Å². The maximum Gasteiger partial charge on any atom is 0.337 e. The van der Waals surface area contributed by atoms with Crippen LogP contribution in [0.3, 0.4) is 0 Å². The molecule has 3 aromatic rings. The minimum Gasteiger partial charge on any atom is -0.488 e. The summed E-state index contributed by atoms with van der Waals surface area (Å²) in [5.41, 5.74) is 4.97. The molecule has 0 radical (unpaired) electrons. The van der Waals surface area contributed by atoms with E-state index in [-0.39, 0.29) is 5.97 Å². The SMILES string of the molecule is COC(=O)c1ccc2c(c1)OCc1ccccc1/C2=C/CCN1CCC(O)(c2ccc(Cl)cc2)CC1. The Labute approximate surface area is 216 Å². The van der Waals surface area contributed by atoms with E-state index in [0.29, 0.717) is 35.8 Å². The van der Waals surface area contributed by atoms with Crippen LogP contribution in [0.5, 0.6) is 5.75 Å². The van der Waals surface area contributed by atoms with Gasteiger partial charge in [-0.15, -0.1) is 0 Å². The van der Waals surface area contributed by atoms with Gasteiger partial charge in [0.05, 0.1) is 18.3 Å². The molecule has 1 fully saturated rings. The summed E-state index contributed by atoms with van der Waals surface area (Å²) < 4.78 is 11.0. The zero-order valence-corrected chi connectivity index (χ0v) is 21.1. The van der Waals surface area contributed by atoms with Crippen LogP contribution in [0, 0.1) is 0 Å². The van der Waals surface area contributed by atoms with Crippen LogP contribution in [0.2, 0.25) is 5.02 Å². The summed E-state index contributed by atoms with van der Waals surface area (Å²) >= 11 is 6.02. The summed E-state index contributed by atoms with van der Waals surface area (Å²) in [5, 5.41) is 11.9. The Morgan fingerprint density at radius 3 is 2.58 bits per heavy atom. The standard InChI is InChI=1S/C30H30ClNO4/c1-35-29(33)21-8-13-27-26(25-6-3-2-5-22(25)20-36-28(27)19-21)7-4-16-32-17-14-30(34,15-18-32)23-9-11-24(31)12-10-23/h2-3,5-13,19,34H,4,14-18,20H2,1H3/b26-7-. The number of fused-ring (bicyclic) bond motifs is 2. The van der Waals surface area contributed by atoms with Crippen molar-refractivity contribution in [2.45, 2.75) is 31.5 Å². The van der Waals surface area contributed by atoms with E-state index in [9.17, 15) is 9.90 Å². The third-order valence-corrected chi connectivity index (χ3v) is 7.49. The quantitative estimate of drug-likeness (QED) is 0.444. The van der Waals surface area contributed by atoms with Gasteiger partial charge in [0.1, 0.15) is 12.4 Å². The molecule has 0 spiro atoms. The number of rotatable bonds is 5. The van der Waals surface area contributed by atoms with Crippen molar-refractivity contribution >= 4 is 23.1 Å². The molecular weight excluding hydrogens is 474 g/mol. The molecule has 0 unspecified atom stereocenters.